The smallest absolute Gasteiger partial charge is 0.230 e. The molecule has 14 rings (SSSR count). The highest BCUT2D eigenvalue weighted by Crippen LogP contribution is 2.42. The largest absolute Gasteiger partial charge is 0.452 e. The maximum atomic E-state index is 7.45. The van der Waals surface area contributed by atoms with Gasteiger partial charge in [-0.05, 0) is 65.0 Å². The van der Waals surface area contributed by atoms with E-state index < -0.39 is 8.07 Å². The quantitative estimate of drug-likeness (QED) is 0.156. The van der Waals surface area contributed by atoms with Crippen molar-refractivity contribution in [3.63, 3.8) is 0 Å². The Hall–Kier alpha value is -8.17. The summed E-state index contributed by atoms with van der Waals surface area (Å²) in [5.41, 5.74) is 9.19. The lowest BCUT2D eigenvalue weighted by Gasteiger charge is -2.32. The van der Waals surface area contributed by atoms with Gasteiger partial charge in [-0.15, -0.1) is 11.3 Å². The Morgan fingerprint density at radius 1 is 0.354 bits per heavy atom. The summed E-state index contributed by atoms with van der Waals surface area (Å²) < 4.78 is 14.5. The van der Waals surface area contributed by atoms with E-state index in [0.29, 0.717) is 0 Å². The van der Waals surface area contributed by atoms with Crippen LogP contribution < -0.4 is 21.0 Å². The van der Waals surface area contributed by atoms with Gasteiger partial charge in [0.2, 0.25) is 8.07 Å². The zero-order valence-corrected chi connectivity index (χ0v) is 36.6. The van der Waals surface area contributed by atoms with Gasteiger partial charge in [0, 0.05) is 56.3 Å². The summed E-state index contributed by atoms with van der Waals surface area (Å²) in [5.74, 6) is 0. The minimum Gasteiger partial charge on any atom is -0.452 e. The van der Waals surface area contributed by atoms with Gasteiger partial charge in [0.1, 0.15) is 0 Å². The van der Waals surface area contributed by atoms with Crippen LogP contribution in [0.1, 0.15) is 0 Å². The van der Waals surface area contributed by atoms with Crippen molar-refractivity contribution in [3.05, 3.63) is 213 Å². The van der Waals surface area contributed by atoms with Crippen LogP contribution in [-0.4, -0.2) is 32.2 Å². The fourth-order valence-electron chi connectivity index (χ4n) is 10.7. The third-order valence-electron chi connectivity index (χ3n) is 13.4. The number of thiophene rings is 1. The van der Waals surface area contributed by atoms with Crippen molar-refractivity contribution in [2.24, 2.45) is 0 Å². The highest BCUT2D eigenvalue weighted by molar-refractivity contribution is 7.31. The number of hydrogen-bond acceptors (Lipinski definition) is 5. The Labute approximate surface area is 376 Å². The van der Waals surface area contributed by atoms with Crippen LogP contribution in [0, 0.1) is 0 Å². The van der Waals surface area contributed by atoms with Gasteiger partial charge in [-0.2, -0.15) is 0 Å². The summed E-state index contributed by atoms with van der Waals surface area (Å²) >= 11 is 1.82. The first-order chi connectivity index (χ1) is 32.3. The minimum absolute atomic E-state index is 0.786. The molecule has 0 spiro atoms. The number of nitrogens with zero attached hydrogens (tertiary/aromatic N) is 5. The molecule has 0 aliphatic rings. The molecule has 14 aromatic rings. The Bertz CT molecular complexity index is 3830. The molecular formula is C57H35N5OSSi. The normalized spacial score (nSPS) is 12.3. The highest BCUT2D eigenvalue weighted by Gasteiger charge is 2.48. The average molecular weight is 866 g/mol. The molecule has 0 N–H and O–H groups in total. The number of furan rings is 1. The molecule has 0 unspecified atom stereocenters. The summed E-state index contributed by atoms with van der Waals surface area (Å²) in [6, 6.07) is 69.5. The molecule has 0 saturated heterocycles. The fourth-order valence-corrected chi connectivity index (χ4v) is 17.1. The lowest BCUT2D eigenvalue weighted by atomic mass is 10.1. The van der Waals surface area contributed by atoms with E-state index in [1.165, 1.54) is 36.6 Å². The van der Waals surface area contributed by atoms with Crippen molar-refractivity contribution in [2.75, 3.05) is 0 Å². The maximum absolute atomic E-state index is 7.45. The van der Waals surface area contributed by atoms with Crippen molar-refractivity contribution in [1.82, 2.24) is 24.1 Å². The highest BCUT2D eigenvalue weighted by atomic mass is 32.1. The zero-order chi connectivity index (χ0) is 42.6. The van der Waals surface area contributed by atoms with E-state index in [0.717, 1.165) is 81.6 Å². The molecule has 7 aromatic heterocycles. The standard InChI is InChI=1S/C57H35N5OSSi/c1-3-16-36(17-4-1)65(37-18-5-2-6-19-37,56-53-41(31-34-59-56)40-23-13-28-49(52(40)63-53)61-45-25-10-7-20-38(45)39-21-8-11-26-46(39)61)57-55-43(32-35-60-57)42-24-14-29-50(54(42)64-55)62-47-27-12-9-22-44(47)51-48(62)30-15-33-58-51/h1-35H. The number of pyridine rings is 3. The molecule has 0 saturated carbocycles. The molecule has 304 valence electrons. The van der Waals surface area contributed by atoms with Crippen molar-refractivity contribution in [1.29, 1.82) is 0 Å². The topological polar surface area (TPSA) is 61.7 Å². The van der Waals surface area contributed by atoms with Crippen LogP contribution in [-0.2, 0) is 0 Å². The zero-order valence-electron chi connectivity index (χ0n) is 34.8. The van der Waals surface area contributed by atoms with Gasteiger partial charge in [-0.1, -0.05) is 140 Å². The van der Waals surface area contributed by atoms with Gasteiger partial charge in [0.15, 0.2) is 11.2 Å². The molecule has 0 radical (unpaired) electrons. The number of para-hydroxylation sites is 4. The molecular weight excluding hydrogens is 831 g/mol. The van der Waals surface area contributed by atoms with Gasteiger partial charge >= 0.3 is 0 Å². The summed E-state index contributed by atoms with van der Waals surface area (Å²) in [7, 11) is -3.43. The first-order valence-electron chi connectivity index (χ1n) is 21.8. The van der Waals surface area contributed by atoms with Crippen molar-refractivity contribution >= 4 is 126 Å². The predicted molar refractivity (Wildman–Crippen MR) is 272 cm³/mol. The Kier molecular flexibility index (Phi) is 7.77. The maximum Gasteiger partial charge on any atom is 0.230 e. The third-order valence-corrected chi connectivity index (χ3v) is 19.4. The van der Waals surface area contributed by atoms with Crippen LogP contribution in [0.4, 0.5) is 0 Å². The fraction of sp³-hybridized carbons (Fsp3) is 0. The summed E-state index contributed by atoms with van der Waals surface area (Å²) in [6.07, 6.45) is 5.87. The van der Waals surface area contributed by atoms with E-state index in [1.807, 2.05) is 36.0 Å². The molecule has 0 atom stereocenters. The molecule has 0 bridgehead atoms. The molecule has 65 heavy (non-hydrogen) atoms. The van der Waals surface area contributed by atoms with E-state index in [2.05, 4.69) is 197 Å². The van der Waals surface area contributed by atoms with Crippen LogP contribution in [0.15, 0.2) is 217 Å². The SMILES string of the molecule is c1ccc([Si](c2ccccc2)(c2nccc3c2oc2c(-n4c5ccccc5c5ccccc54)cccc23)c2nccc3c2sc2c(-n4c5ccccc5c5ncccc54)cccc23)cc1. The van der Waals surface area contributed by atoms with E-state index in [4.69, 9.17) is 19.4 Å². The third kappa shape index (κ3) is 5.00. The van der Waals surface area contributed by atoms with E-state index in [1.54, 1.807) is 0 Å². The second kappa shape index (κ2) is 13.9. The predicted octanol–water partition coefficient (Wildman–Crippen LogP) is 11.7. The molecule has 8 heteroatoms. The molecule has 0 amide bonds. The Morgan fingerprint density at radius 3 is 1.57 bits per heavy atom. The average Bonchev–Trinajstić information content (AvgIpc) is 4.14. The Balaban J connectivity index is 1.10. The Morgan fingerprint density at radius 2 is 0.862 bits per heavy atom. The lowest BCUT2D eigenvalue weighted by molar-refractivity contribution is 0.667. The van der Waals surface area contributed by atoms with Gasteiger partial charge in [0.25, 0.3) is 0 Å². The minimum atomic E-state index is -3.43. The molecule has 0 aliphatic heterocycles. The van der Waals surface area contributed by atoms with E-state index >= 15 is 0 Å². The molecule has 0 fully saturated rings. The van der Waals surface area contributed by atoms with Crippen LogP contribution in [0.25, 0.3) is 97.2 Å². The number of fused-ring (bicyclic) bond motifs is 12. The van der Waals surface area contributed by atoms with E-state index in [-0.39, 0.29) is 0 Å². The van der Waals surface area contributed by atoms with Gasteiger partial charge in [-0.25, -0.2) is 0 Å². The van der Waals surface area contributed by atoms with Crippen molar-refractivity contribution < 1.29 is 4.42 Å². The van der Waals surface area contributed by atoms with Crippen LogP contribution >= 0.6 is 11.3 Å². The second-order valence-corrected chi connectivity index (χ2v) is 21.3. The number of aromatic nitrogens is 5. The van der Waals surface area contributed by atoms with E-state index in [9.17, 15) is 0 Å². The van der Waals surface area contributed by atoms with Crippen LogP contribution in [0.3, 0.4) is 0 Å². The first-order valence-corrected chi connectivity index (χ1v) is 24.7. The lowest BCUT2D eigenvalue weighted by Crippen LogP contribution is -2.76. The monoisotopic (exact) mass is 865 g/mol. The van der Waals surface area contributed by atoms with Crippen molar-refractivity contribution in [2.45, 2.75) is 0 Å². The molecule has 7 heterocycles. The van der Waals surface area contributed by atoms with Crippen LogP contribution in [0.2, 0.25) is 0 Å². The van der Waals surface area contributed by atoms with Gasteiger partial charge < -0.3 is 13.6 Å². The molecule has 7 aromatic carbocycles. The first kappa shape index (κ1) is 36.3. The second-order valence-electron chi connectivity index (χ2n) is 16.7. The molecule has 6 nitrogen and oxygen atoms in total. The summed E-state index contributed by atoms with van der Waals surface area (Å²) in [6.45, 7) is 0. The number of rotatable bonds is 6. The molecule has 0 aliphatic carbocycles. The van der Waals surface area contributed by atoms with Crippen LogP contribution in [0.5, 0.6) is 0 Å². The van der Waals surface area contributed by atoms with Gasteiger partial charge in [-0.3, -0.25) is 15.0 Å². The summed E-state index contributed by atoms with van der Waals surface area (Å²) in [4.78, 5) is 15.9. The van der Waals surface area contributed by atoms with Crippen molar-refractivity contribution in [3.8, 4) is 11.4 Å². The summed E-state index contributed by atoms with van der Waals surface area (Å²) in [5, 5.41) is 12.3. The van der Waals surface area contributed by atoms with Gasteiger partial charge in [0.05, 0.1) is 59.0 Å². The number of benzene rings is 7. The number of hydrogen-bond donors (Lipinski definition) is 0.